The molecule has 0 aliphatic carbocycles. The summed E-state index contributed by atoms with van der Waals surface area (Å²) in [5.41, 5.74) is 10.4. The summed E-state index contributed by atoms with van der Waals surface area (Å²) in [6, 6.07) is 70.4. The lowest BCUT2D eigenvalue weighted by molar-refractivity contribution is 1.29. The van der Waals surface area contributed by atoms with Gasteiger partial charge in [0.25, 0.3) is 0 Å². The molecule has 2 heterocycles. The molecular weight excluding hydrogens is 705 g/mol. The van der Waals surface area contributed by atoms with Crippen LogP contribution in [0.15, 0.2) is 194 Å². The van der Waals surface area contributed by atoms with Crippen LogP contribution in [0, 0.1) is 0 Å². The minimum Gasteiger partial charge on any atom is -0.310 e. The van der Waals surface area contributed by atoms with E-state index in [2.05, 4.69) is 199 Å². The number of fused-ring (bicyclic) bond motifs is 8. The molecule has 0 unspecified atom stereocenters. The molecule has 0 saturated carbocycles. The first kappa shape index (κ1) is 31.9. The van der Waals surface area contributed by atoms with Gasteiger partial charge in [-0.3, -0.25) is 0 Å². The van der Waals surface area contributed by atoms with Crippen molar-refractivity contribution in [3.8, 4) is 32.8 Å². The number of rotatable bonds is 6. The van der Waals surface area contributed by atoms with Crippen LogP contribution in [-0.2, 0) is 0 Å². The van der Waals surface area contributed by atoms with E-state index in [-0.39, 0.29) is 0 Å². The van der Waals surface area contributed by atoms with E-state index < -0.39 is 0 Å². The Labute approximate surface area is 326 Å². The Kier molecular flexibility index (Phi) is 7.58. The predicted molar refractivity (Wildman–Crippen MR) is 239 cm³/mol. The smallest absolute Gasteiger partial charge is 0.124 e. The standard InChI is InChI=1S/C51H32N2S2/c1-3-10-33(11-4-1)34-18-23-38(24-19-34)53(40-27-29-43-42-15-7-8-17-47(42)54-48(43)32-40)39-25-20-35(21-26-39)41-16-9-14-36-22-28-45-44(49(36)41)30-31-46-50(45)55-51(52-46)37-12-5-2-6-13-37/h1-32H. The molecule has 2 nitrogen and oxygen atoms in total. The summed E-state index contributed by atoms with van der Waals surface area (Å²) in [6.45, 7) is 0. The molecule has 0 radical (unpaired) electrons. The van der Waals surface area contributed by atoms with E-state index in [9.17, 15) is 0 Å². The van der Waals surface area contributed by atoms with Crippen LogP contribution in [0.5, 0.6) is 0 Å². The average molecular weight is 737 g/mol. The molecule has 2 aromatic heterocycles. The molecule has 0 N–H and O–H groups in total. The number of hydrogen-bond acceptors (Lipinski definition) is 4. The van der Waals surface area contributed by atoms with Gasteiger partial charge >= 0.3 is 0 Å². The van der Waals surface area contributed by atoms with Crippen molar-refractivity contribution >= 4 is 91.7 Å². The molecule has 0 aliphatic heterocycles. The zero-order valence-corrected chi connectivity index (χ0v) is 31.3. The van der Waals surface area contributed by atoms with E-state index in [0.717, 1.165) is 33.1 Å². The van der Waals surface area contributed by atoms with Gasteiger partial charge in [-0.2, -0.15) is 0 Å². The molecule has 11 rings (SSSR count). The maximum absolute atomic E-state index is 5.03. The molecule has 0 atom stereocenters. The topological polar surface area (TPSA) is 16.1 Å². The summed E-state index contributed by atoms with van der Waals surface area (Å²) in [7, 11) is 0. The molecule has 0 spiro atoms. The summed E-state index contributed by atoms with van der Waals surface area (Å²) < 4.78 is 3.83. The molecule has 0 bridgehead atoms. The lowest BCUT2D eigenvalue weighted by atomic mass is 9.93. The second kappa shape index (κ2) is 13.1. The number of aromatic nitrogens is 1. The van der Waals surface area contributed by atoms with Gasteiger partial charge in [-0.15, -0.1) is 22.7 Å². The normalized spacial score (nSPS) is 11.6. The van der Waals surface area contributed by atoms with Crippen molar-refractivity contribution in [2.24, 2.45) is 0 Å². The Bertz CT molecular complexity index is 3180. The Morgan fingerprint density at radius 1 is 0.382 bits per heavy atom. The Balaban J connectivity index is 1.03. The van der Waals surface area contributed by atoms with Gasteiger partial charge in [0.2, 0.25) is 0 Å². The second-order valence-corrected chi connectivity index (χ2v) is 16.0. The molecule has 0 aliphatic rings. The number of thiazole rings is 1. The number of hydrogen-bond donors (Lipinski definition) is 0. The zero-order chi connectivity index (χ0) is 36.3. The van der Waals surface area contributed by atoms with Crippen molar-refractivity contribution in [1.82, 2.24) is 4.98 Å². The fourth-order valence-electron chi connectivity index (χ4n) is 8.05. The Hall–Kier alpha value is -6.59. The first-order valence-corrected chi connectivity index (χ1v) is 20.2. The van der Waals surface area contributed by atoms with Crippen LogP contribution < -0.4 is 4.90 Å². The van der Waals surface area contributed by atoms with Crippen LogP contribution in [-0.4, -0.2) is 4.98 Å². The van der Waals surface area contributed by atoms with Crippen LogP contribution in [0.1, 0.15) is 0 Å². The maximum atomic E-state index is 5.03. The summed E-state index contributed by atoms with van der Waals surface area (Å²) in [5.74, 6) is 0. The van der Waals surface area contributed by atoms with Crippen LogP contribution in [0.25, 0.3) is 84.8 Å². The first-order valence-electron chi connectivity index (χ1n) is 18.5. The predicted octanol–water partition coefficient (Wildman–Crippen LogP) is 15.4. The molecule has 4 heteroatoms. The molecule has 0 fully saturated rings. The third-order valence-corrected chi connectivity index (χ3v) is 13.0. The minimum absolute atomic E-state index is 1.04. The van der Waals surface area contributed by atoms with Crippen molar-refractivity contribution in [2.45, 2.75) is 0 Å². The third kappa shape index (κ3) is 5.49. The Morgan fingerprint density at radius 2 is 1.00 bits per heavy atom. The highest BCUT2D eigenvalue weighted by atomic mass is 32.1. The zero-order valence-electron chi connectivity index (χ0n) is 29.7. The monoisotopic (exact) mass is 736 g/mol. The van der Waals surface area contributed by atoms with Crippen molar-refractivity contribution < 1.29 is 0 Å². The highest BCUT2D eigenvalue weighted by Gasteiger charge is 2.17. The third-order valence-electron chi connectivity index (χ3n) is 10.7. The fourth-order valence-corrected chi connectivity index (χ4v) is 10.3. The number of nitrogens with zero attached hydrogens (tertiary/aromatic N) is 2. The molecule has 9 aromatic carbocycles. The van der Waals surface area contributed by atoms with E-state index in [1.165, 1.54) is 68.7 Å². The molecule has 0 amide bonds. The highest BCUT2D eigenvalue weighted by molar-refractivity contribution is 7.25. The van der Waals surface area contributed by atoms with Crippen LogP contribution in [0.2, 0.25) is 0 Å². The van der Waals surface area contributed by atoms with E-state index in [4.69, 9.17) is 4.98 Å². The van der Waals surface area contributed by atoms with Gasteiger partial charge in [0, 0.05) is 48.2 Å². The van der Waals surface area contributed by atoms with E-state index in [1.54, 1.807) is 11.3 Å². The van der Waals surface area contributed by atoms with Crippen LogP contribution >= 0.6 is 22.7 Å². The first-order chi connectivity index (χ1) is 27.2. The van der Waals surface area contributed by atoms with Crippen molar-refractivity contribution in [3.05, 3.63) is 194 Å². The van der Waals surface area contributed by atoms with Crippen molar-refractivity contribution in [2.75, 3.05) is 4.90 Å². The Morgan fingerprint density at radius 3 is 1.78 bits per heavy atom. The summed E-state index contributed by atoms with van der Waals surface area (Å²) >= 11 is 3.63. The van der Waals surface area contributed by atoms with Gasteiger partial charge in [0.05, 0.1) is 10.2 Å². The van der Waals surface area contributed by atoms with E-state index >= 15 is 0 Å². The van der Waals surface area contributed by atoms with Gasteiger partial charge in [-0.1, -0.05) is 146 Å². The molecule has 11 aromatic rings. The highest BCUT2D eigenvalue weighted by Crippen LogP contribution is 2.43. The van der Waals surface area contributed by atoms with E-state index in [1.807, 2.05) is 11.3 Å². The molecule has 258 valence electrons. The molecule has 0 saturated heterocycles. The van der Waals surface area contributed by atoms with Gasteiger partial charge in [0.15, 0.2) is 0 Å². The summed E-state index contributed by atoms with van der Waals surface area (Å²) in [4.78, 5) is 7.41. The van der Waals surface area contributed by atoms with Crippen molar-refractivity contribution in [3.63, 3.8) is 0 Å². The minimum atomic E-state index is 1.04. The lowest BCUT2D eigenvalue weighted by Crippen LogP contribution is -2.09. The molecule has 55 heavy (non-hydrogen) atoms. The second-order valence-electron chi connectivity index (χ2n) is 13.9. The van der Waals surface area contributed by atoms with Gasteiger partial charge < -0.3 is 4.90 Å². The van der Waals surface area contributed by atoms with Gasteiger partial charge in [-0.25, -0.2) is 4.98 Å². The maximum Gasteiger partial charge on any atom is 0.124 e. The lowest BCUT2D eigenvalue weighted by Gasteiger charge is -2.26. The number of thiophene rings is 1. The fraction of sp³-hybridized carbons (Fsp3) is 0. The van der Waals surface area contributed by atoms with Crippen LogP contribution in [0.4, 0.5) is 17.1 Å². The summed E-state index contributed by atoms with van der Waals surface area (Å²) in [5, 5.41) is 8.67. The quantitative estimate of drug-likeness (QED) is 0.158. The SMILES string of the molecule is c1ccc(-c2ccc(N(c3ccc(-c4cccc5ccc6c(ccc7nc(-c8ccccc8)sc76)c45)cc3)c3ccc4c(c3)sc3ccccc34)cc2)cc1. The number of anilines is 3. The van der Waals surface area contributed by atoms with E-state index in [0.29, 0.717) is 0 Å². The number of benzene rings is 9. The van der Waals surface area contributed by atoms with Crippen molar-refractivity contribution in [1.29, 1.82) is 0 Å². The largest absolute Gasteiger partial charge is 0.310 e. The van der Waals surface area contributed by atoms with Gasteiger partial charge in [-0.05, 0) is 86.9 Å². The average Bonchev–Trinajstić information content (AvgIpc) is 3.87. The molecular formula is C51H32N2S2. The van der Waals surface area contributed by atoms with Crippen LogP contribution in [0.3, 0.4) is 0 Å². The van der Waals surface area contributed by atoms with Gasteiger partial charge in [0.1, 0.15) is 5.01 Å². The summed E-state index contributed by atoms with van der Waals surface area (Å²) in [6.07, 6.45) is 0.